The molecule has 0 spiro atoms. The molecule has 0 aliphatic heterocycles. The van der Waals surface area contributed by atoms with E-state index in [1.807, 2.05) is 30.3 Å². The van der Waals surface area contributed by atoms with Gasteiger partial charge in [0.15, 0.2) is 17.5 Å². The topological polar surface area (TPSA) is 51.8 Å². The molecule has 0 saturated carbocycles. The normalized spacial score (nSPS) is 11.8. The van der Waals surface area contributed by atoms with Gasteiger partial charge in [0.1, 0.15) is 11.2 Å². The van der Waals surface area contributed by atoms with Crippen LogP contribution in [0.4, 0.5) is 0 Å². The van der Waals surface area contributed by atoms with Gasteiger partial charge >= 0.3 is 0 Å². The fraction of sp³-hybridized carbons (Fsp3) is 0. The minimum atomic E-state index is 0.598. The van der Waals surface area contributed by atoms with Gasteiger partial charge < -0.3 is 4.42 Å². The molecule has 0 fully saturated rings. The third-order valence-electron chi connectivity index (χ3n) is 10.5. The molecule has 0 bridgehead atoms. The Labute approximate surface area is 304 Å². The fourth-order valence-corrected chi connectivity index (χ4v) is 8.00. The summed E-state index contributed by atoms with van der Waals surface area (Å²) in [5.41, 5.74) is 6.58. The Morgan fingerprint density at radius 1 is 0.321 bits per heavy atom. The molecule has 0 N–H and O–H groups in total. The van der Waals surface area contributed by atoms with Crippen LogP contribution in [-0.4, -0.2) is 15.0 Å². The molecular weight excluding hydrogens is 647 g/mol. The van der Waals surface area contributed by atoms with E-state index in [0.29, 0.717) is 17.5 Å². The molecule has 0 saturated heterocycles. The average molecular weight is 676 g/mol. The van der Waals surface area contributed by atoms with Crippen molar-refractivity contribution in [1.82, 2.24) is 15.0 Å². The molecule has 2 aromatic heterocycles. The Kier molecular flexibility index (Phi) is 6.52. The molecule has 0 radical (unpaired) electrons. The maximum Gasteiger partial charge on any atom is 0.164 e. The largest absolute Gasteiger partial charge is 0.455 e. The Hall–Kier alpha value is -7.17. The number of hydrogen-bond donors (Lipinski definition) is 0. The van der Waals surface area contributed by atoms with Crippen molar-refractivity contribution in [1.29, 1.82) is 0 Å². The van der Waals surface area contributed by atoms with Crippen LogP contribution < -0.4 is 0 Å². The van der Waals surface area contributed by atoms with E-state index in [0.717, 1.165) is 60.5 Å². The van der Waals surface area contributed by atoms with Crippen LogP contribution in [0.2, 0.25) is 0 Å². The fourth-order valence-electron chi connectivity index (χ4n) is 8.00. The van der Waals surface area contributed by atoms with Crippen LogP contribution in [0.15, 0.2) is 180 Å². The van der Waals surface area contributed by atoms with Gasteiger partial charge in [-0.2, -0.15) is 0 Å². The zero-order valence-corrected chi connectivity index (χ0v) is 28.5. The monoisotopic (exact) mass is 675 g/mol. The maximum absolute atomic E-state index is 6.72. The van der Waals surface area contributed by atoms with Crippen molar-refractivity contribution in [2.45, 2.75) is 0 Å². The van der Waals surface area contributed by atoms with Gasteiger partial charge in [-0.15, -0.1) is 0 Å². The number of aromatic nitrogens is 3. The second kappa shape index (κ2) is 11.7. The molecular formula is C49H29N3O. The van der Waals surface area contributed by atoms with Gasteiger partial charge in [0.2, 0.25) is 0 Å². The number of rotatable bonds is 4. The van der Waals surface area contributed by atoms with Gasteiger partial charge in [-0.05, 0) is 66.9 Å². The molecule has 11 aromatic rings. The van der Waals surface area contributed by atoms with Crippen LogP contribution in [0.1, 0.15) is 0 Å². The number of hydrogen-bond acceptors (Lipinski definition) is 4. The maximum atomic E-state index is 6.72. The zero-order valence-electron chi connectivity index (χ0n) is 28.5. The first-order valence-corrected chi connectivity index (χ1v) is 17.9. The van der Waals surface area contributed by atoms with Crippen molar-refractivity contribution in [3.8, 4) is 45.3 Å². The third-order valence-corrected chi connectivity index (χ3v) is 10.5. The first-order valence-electron chi connectivity index (χ1n) is 17.9. The van der Waals surface area contributed by atoms with Gasteiger partial charge in [0.05, 0.1) is 0 Å². The van der Waals surface area contributed by atoms with E-state index in [4.69, 9.17) is 19.4 Å². The SMILES string of the molecule is c1ccc(-c2nc(-c3cc4c5ccccc5ccc4c4ccccc34)nc(-c3cccc4oc5c(-c6ccc7ccccc7c6)cccc5c34)n2)cc1. The number of furan rings is 1. The zero-order chi connectivity index (χ0) is 34.9. The average Bonchev–Trinajstić information content (AvgIpc) is 3.62. The highest BCUT2D eigenvalue weighted by molar-refractivity contribution is 6.21. The van der Waals surface area contributed by atoms with E-state index >= 15 is 0 Å². The summed E-state index contributed by atoms with van der Waals surface area (Å²) in [6.45, 7) is 0. The standard InChI is InChI=1S/C49H29N3O/c1-2-14-32(15-3-1)47-50-48(52-49(51-47)43-29-42-35-17-7-6-13-31(35)26-27-39(42)37-18-8-9-19-38(37)43)41-22-11-23-44-45(41)40-21-10-20-36(46(40)53-44)34-25-24-30-12-4-5-16-33(30)28-34/h1-29H. The Balaban J connectivity index is 1.18. The molecule has 0 aliphatic carbocycles. The van der Waals surface area contributed by atoms with Crippen molar-refractivity contribution in [3.63, 3.8) is 0 Å². The van der Waals surface area contributed by atoms with Crippen molar-refractivity contribution < 1.29 is 4.42 Å². The van der Waals surface area contributed by atoms with E-state index in [2.05, 4.69) is 146 Å². The number of nitrogens with zero attached hydrogens (tertiary/aromatic N) is 3. The quantitative estimate of drug-likeness (QED) is 0.174. The molecule has 0 amide bonds. The van der Waals surface area contributed by atoms with Crippen LogP contribution in [0, 0.1) is 0 Å². The molecule has 4 nitrogen and oxygen atoms in total. The highest BCUT2D eigenvalue weighted by Gasteiger charge is 2.21. The third kappa shape index (κ3) is 4.73. The summed E-state index contributed by atoms with van der Waals surface area (Å²) in [5.74, 6) is 1.84. The van der Waals surface area contributed by atoms with Crippen molar-refractivity contribution in [2.75, 3.05) is 0 Å². The van der Waals surface area contributed by atoms with E-state index in [1.165, 1.54) is 32.3 Å². The van der Waals surface area contributed by atoms with Gasteiger partial charge in [-0.1, -0.05) is 158 Å². The summed E-state index contributed by atoms with van der Waals surface area (Å²) in [5, 5.41) is 11.4. The number of fused-ring (bicyclic) bond motifs is 9. The van der Waals surface area contributed by atoms with Crippen molar-refractivity contribution in [3.05, 3.63) is 176 Å². The first-order chi connectivity index (χ1) is 26.3. The second-order valence-electron chi connectivity index (χ2n) is 13.5. The Morgan fingerprint density at radius 2 is 0.943 bits per heavy atom. The summed E-state index contributed by atoms with van der Waals surface area (Å²) in [4.78, 5) is 15.7. The molecule has 0 unspecified atom stereocenters. The summed E-state index contributed by atoms with van der Waals surface area (Å²) < 4.78 is 6.72. The first kappa shape index (κ1) is 29.5. The van der Waals surface area contributed by atoms with Crippen LogP contribution in [-0.2, 0) is 0 Å². The summed E-state index contributed by atoms with van der Waals surface area (Å²) >= 11 is 0. The minimum Gasteiger partial charge on any atom is -0.455 e. The van der Waals surface area contributed by atoms with E-state index in [9.17, 15) is 0 Å². The van der Waals surface area contributed by atoms with Crippen molar-refractivity contribution >= 4 is 65.0 Å². The van der Waals surface area contributed by atoms with E-state index in [-0.39, 0.29) is 0 Å². The summed E-state index contributed by atoms with van der Waals surface area (Å²) in [6.07, 6.45) is 0. The highest BCUT2D eigenvalue weighted by Crippen LogP contribution is 2.42. The van der Waals surface area contributed by atoms with Gasteiger partial charge in [0.25, 0.3) is 0 Å². The molecule has 0 aliphatic rings. The van der Waals surface area contributed by atoms with Gasteiger partial charge in [-0.25, -0.2) is 15.0 Å². The van der Waals surface area contributed by atoms with E-state index < -0.39 is 0 Å². The molecule has 2 heterocycles. The number of para-hydroxylation sites is 1. The predicted octanol–water partition coefficient (Wildman–Crippen LogP) is 13.1. The highest BCUT2D eigenvalue weighted by atomic mass is 16.3. The molecule has 11 rings (SSSR count). The Morgan fingerprint density at radius 3 is 1.81 bits per heavy atom. The predicted molar refractivity (Wildman–Crippen MR) is 219 cm³/mol. The van der Waals surface area contributed by atoms with Crippen LogP contribution in [0.5, 0.6) is 0 Å². The Bertz CT molecular complexity index is 3240. The number of benzene rings is 9. The lowest BCUT2D eigenvalue weighted by molar-refractivity contribution is 0.670. The second-order valence-corrected chi connectivity index (χ2v) is 13.5. The molecule has 0 atom stereocenters. The van der Waals surface area contributed by atoms with E-state index in [1.54, 1.807) is 0 Å². The molecule has 246 valence electrons. The van der Waals surface area contributed by atoms with Gasteiger partial charge in [0, 0.05) is 33.0 Å². The van der Waals surface area contributed by atoms with Crippen LogP contribution >= 0.6 is 0 Å². The lowest BCUT2D eigenvalue weighted by Gasteiger charge is -2.14. The van der Waals surface area contributed by atoms with Crippen molar-refractivity contribution in [2.24, 2.45) is 0 Å². The summed E-state index contributed by atoms with van der Waals surface area (Å²) in [6, 6.07) is 61.5. The van der Waals surface area contributed by atoms with Gasteiger partial charge in [-0.3, -0.25) is 0 Å². The molecule has 53 heavy (non-hydrogen) atoms. The summed E-state index contributed by atoms with van der Waals surface area (Å²) in [7, 11) is 0. The molecule has 9 aromatic carbocycles. The van der Waals surface area contributed by atoms with Crippen LogP contribution in [0.3, 0.4) is 0 Å². The smallest absolute Gasteiger partial charge is 0.164 e. The minimum absolute atomic E-state index is 0.598. The molecule has 4 heteroatoms. The lowest BCUT2D eigenvalue weighted by atomic mass is 9.93. The van der Waals surface area contributed by atoms with Crippen LogP contribution in [0.25, 0.3) is 110 Å². The lowest BCUT2D eigenvalue weighted by Crippen LogP contribution is -2.01.